The number of rotatable bonds is 7. The van der Waals surface area contributed by atoms with Gasteiger partial charge in [-0.2, -0.15) is 18.3 Å². The molecule has 2 aromatic heterocycles. The van der Waals surface area contributed by atoms with Crippen LogP contribution in [0.3, 0.4) is 0 Å². The lowest BCUT2D eigenvalue weighted by Crippen LogP contribution is -2.34. The number of nitrogens with one attached hydrogen (secondary N) is 1. The van der Waals surface area contributed by atoms with Gasteiger partial charge in [0.25, 0.3) is 5.79 Å². The molecule has 1 aliphatic carbocycles. The predicted octanol–water partition coefficient (Wildman–Crippen LogP) is 8.02. The van der Waals surface area contributed by atoms with Crippen LogP contribution >= 0.6 is 11.6 Å². The zero-order chi connectivity index (χ0) is 32.1. The molecule has 4 aromatic rings. The zero-order valence-electron chi connectivity index (χ0n) is 25.0. The molecule has 2 aromatic carbocycles. The van der Waals surface area contributed by atoms with Crippen LogP contribution in [0.25, 0.3) is 11.4 Å². The van der Waals surface area contributed by atoms with Crippen molar-refractivity contribution < 1.29 is 31.8 Å². The largest absolute Gasteiger partial charge is 0.488 e. The maximum atomic E-state index is 14.8. The van der Waals surface area contributed by atoms with E-state index >= 15 is 0 Å². The lowest BCUT2D eigenvalue weighted by atomic mass is 9.88. The van der Waals surface area contributed by atoms with Crippen LogP contribution in [-0.2, 0) is 18.5 Å². The molecule has 1 N–H and O–H groups in total. The van der Waals surface area contributed by atoms with Crippen LogP contribution < -0.4 is 14.2 Å². The third-order valence-electron chi connectivity index (χ3n) is 8.97. The number of aromatic nitrogens is 4. The number of pyridine rings is 1. The second-order valence-electron chi connectivity index (χ2n) is 12.2. The summed E-state index contributed by atoms with van der Waals surface area (Å²) >= 11 is 5.96. The lowest BCUT2D eigenvalue weighted by molar-refractivity contribution is -0.144. The Morgan fingerprint density at radius 1 is 1.07 bits per heavy atom. The number of hydrogen-bond acceptors (Lipinski definition) is 7. The number of likely N-dealkylation sites (tertiary alicyclic amines) is 1. The molecule has 2 aliphatic heterocycles. The van der Waals surface area contributed by atoms with Gasteiger partial charge in [0.1, 0.15) is 11.6 Å². The molecule has 2 fully saturated rings. The van der Waals surface area contributed by atoms with Crippen LogP contribution in [0.1, 0.15) is 74.0 Å². The fourth-order valence-corrected chi connectivity index (χ4v) is 6.73. The highest BCUT2D eigenvalue weighted by molar-refractivity contribution is 6.30. The van der Waals surface area contributed by atoms with E-state index in [4.69, 9.17) is 25.8 Å². The number of H-pyrrole nitrogens is 1. The Labute approximate surface area is 268 Å². The van der Waals surface area contributed by atoms with Crippen LogP contribution in [0.15, 0.2) is 48.7 Å². The van der Waals surface area contributed by atoms with E-state index in [0.717, 1.165) is 62.9 Å². The van der Waals surface area contributed by atoms with Gasteiger partial charge in [-0.25, -0.2) is 9.37 Å². The Morgan fingerprint density at radius 3 is 2.57 bits per heavy atom. The molecular formula is C33H32ClF4N5O3. The minimum Gasteiger partial charge on any atom is -0.488 e. The van der Waals surface area contributed by atoms with E-state index in [1.165, 1.54) is 12.3 Å². The van der Waals surface area contributed by atoms with Crippen molar-refractivity contribution in [2.24, 2.45) is 0 Å². The smallest absolute Gasteiger partial charge is 0.451 e. The zero-order valence-corrected chi connectivity index (χ0v) is 25.8. The van der Waals surface area contributed by atoms with Crippen LogP contribution in [0.2, 0.25) is 5.02 Å². The normalized spacial score (nSPS) is 20.8. The van der Waals surface area contributed by atoms with Gasteiger partial charge in [0, 0.05) is 35.8 Å². The van der Waals surface area contributed by atoms with Crippen LogP contribution in [0, 0.1) is 5.82 Å². The maximum absolute atomic E-state index is 14.8. The molecular weight excluding hydrogens is 626 g/mol. The molecule has 0 amide bonds. The van der Waals surface area contributed by atoms with Gasteiger partial charge < -0.3 is 14.2 Å². The minimum atomic E-state index is -4.62. The number of nitrogens with zero attached hydrogens (tertiary/aromatic N) is 4. The molecule has 0 bridgehead atoms. The number of piperidine rings is 1. The summed E-state index contributed by atoms with van der Waals surface area (Å²) in [5.74, 6) is -1.11. The first-order valence-electron chi connectivity index (χ1n) is 15.4. The van der Waals surface area contributed by atoms with Gasteiger partial charge in [-0.1, -0.05) is 23.7 Å². The Morgan fingerprint density at radius 2 is 1.85 bits per heavy atom. The van der Waals surface area contributed by atoms with Crippen LogP contribution in [0.4, 0.5) is 17.6 Å². The molecule has 8 nitrogen and oxygen atoms in total. The molecule has 0 spiro atoms. The van der Waals surface area contributed by atoms with Crippen molar-refractivity contribution in [3.8, 4) is 28.6 Å². The second kappa shape index (κ2) is 12.0. The first-order chi connectivity index (χ1) is 22.1. The first kappa shape index (κ1) is 30.7. The Kier molecular flexibility index (Phi) is 8.04. The quantitative estimate of drug-likeness (QED) is 0.202. The van der Waals surface area contributed by atoms with E-state index in [-0.39, 0.29) is 23.4 Å². The van der Waals surface area contributed by atoms with Gasteiger partial charge in [-0.3, -0.25) is 15.0 Å². The van der Waals surface area contributed by atoms with Gasteiger partial charge in [0.05, 0.1) is 17.4 Å². The number of hydrogen-bond donors (Lipinski definition) is 1. The fraction of sp³-hybridized carbons (Fsp3) is 0.424. The van der Waals surface area contributed by atoms with E-state index in [9.17, 15) is 17.6 Å². The number of para-hydroxylation sites is 1. The van der Waals surface area contributed by atoms with Crippen molar-refractivity contribution in [2.45, 2.75) is 76.0 Å². The molecule has 46 heavy (non-hydrogen) atoms. The molecule has 7 rings (SSSR count). The monoisotopic (exact) mass is 657 g/mol. The molecule has 1 saturated carbocycles. The highest BCUT2D eigenvalue weighted by Gasteiger charge is 2.43. The van der Waals surface area contributed by atoms with Gasteiger partial charge in [0.2, 0.25) is 5.82 Å². The number of ether oxygens (including phenoxy) is 3. The maximum Gasteiger partial charge on any atom is 0.451 e. The van der Waals surface area contributed by atoms with Crippen molar-refractivity contribution in [1.82, 2.24) is 25.1 Å². The summed E-state index contributed by atoms with van der Waals surface area (Å²) in [4.78, 5) is 10.5. The number of aromatic amines is 1. The average molecular weight is 658 g/mol. The Bertz CT molecular complexity index is 1740. The van der Waals surface area contributed by atoms with Crippen molar-refractivity contribution in [1.29, 1.82) is 0 Å². The molecule has 1 atom stereocenters. The van der Waals surface area contributed by atoms with Gasteiger partial charge in [-0.15, -0.1) is 0 Å². The minimum absolute atomic E-state index is 0.0360. The summed E-state index contributed by atoms with van der Waals surface area (Å²) in [7, 11) is 0. The molecule has 0 unspecified atom stereocenters. The summed E-state index contributed by atoms with van der Waals surface area (Å²) in [5, 5.41) is 6.02. The predicted molar refractivity (Wildman–Crippen MR) is 161 cm³/mol. The van der Waals surface area contributed by atoms with Crippen LogP contribution in [-0.4, -0.2) is 44.3 Å². The number of alkyl halides is 3. The molecule has 13 heteroatoms. The van der Waals surface area contributed by atoms with E-state index < -0.39 is 23.6 Å². The van der Waals surface area contributed by atoms with E-state index in [0.29, 0.717) is 34.4 Å². The SMILES string of the molecule is C[C@]1(c2ccc(Cl)cc2F)Oc2cccc(C3CCN(Cc4ncc(-c5n[nH]c(C(F)(F)F)n5)cc4OC4CCCC4)CC3)c2O1. The Hall–Kier alpha value is -3.90. The average Bonchev–Trinajstić information content (AvgIpc) is 3.78. The Balaban J connectivity index is 1.06. The second-order valence-corrected chi connectivity index (χ2v) is 12.6. The van der Waals surface area contributed by atoms with Crippen molar-refractivity contribution in [2.75, 3.05) is 13.1 Å². The standard InChI is InChI=1S/C33H32ClF4N5O3/c1-32(24-10-9-21(34)16-25(24)35)45-27-8-4-7-23(29(27)46-32)19-11-13-43(14-12-19)18-26-28(44-22-5-2-3-6-22)15-20(17-39-26)30-40-31(42-41-30)33(36,37)38/h4,7-10,15-17,19,22H,2-3,5-6,11-14,18H2,1H3,(H,40,41,42)/t32-/m0/s1. The highest BCUT2D eigenvalue weighted by Crippen LogP contribution is 2.50. The topological polar surface area (TPSA) is 85.4 Å². The molecule has 242 valence electrons. The number of fused-ring (bicyclic) bond motifs is 1. The van der Waals surface area contributed by atoms with Crippen molar-refractivity contribution >= 4 is 11.6 Å². The van der Waals surface area contributed by atoms with Crippen molar-refractivity contribution in [3.63, 3.8) is 0 Å². The summed E-state index contributed by atoms with van der Waals surface area (Å²) in [6.45, 7) is 3.78. The third-order valence-corrected chi connectivity index (χ3v) is 9.21. The molecule has 0 radical (unpaired) electrons. The summed E-state index contributed by atoms with van der Waals surface area (Å²) < 4.78 is 73.0. The summed E-state index contributed by atoms with van der Waals surface area (Å²) in [6.07, 6.45) is 2.59. The van der Waals surface area contributed by atoms with Crippen LogP contribution in [0.5, 0.6) is 17.2 Å². The molecule has 1 saturated heterocycles. The molecule has 4 heterocycles. The first-order valence-corrected chi connectivity index (χ1v) is 15.8. The summed E-state index contributed by atoms with van der Waals surface area (Å²) in [5.41, 5.74) is 2.37. The van der Waals surface area contributed by atoms with Crippen molar-refractivity contribution in [3.05, 3.63) is 82.1 Å². The molecule has 3 aliphatic rings. The van der Waals surface area contributed by atoms with Gasteiger partial charge >= 0.3 is 6.18 Å². The van der Waals surface area contributed by atoms with E-state index in [1.54, 1.807) is 25.1 Å². The van der Waals surface area contributed by atoms with Gasteiger partial charge in [-0.05, 0) is 87.9 Å². The highest BCUT2D eigenvalue weighted by atomic mass is 35.5. The summed E-state index contributed by atoms with van der Waals surface area (Å²) in [6, 6.07) is 11.9. The lowest BCUT2D eigenvalue weighted by Gasteiger charge is -2.33. The number of benzene rings is 2. The fourth-order valence-electron chi connectivity index (χ4n) is 6.57. The van der Waals surface area contributed by atoms with Gasteiger partial charge in [0.15, 0.2) is 17.3 Å². The number of halogens is 5. The third kappa shape index (κ3) is 6.12. The van der Waals surface area contributed by atoms with E-state index in [1.807, 2.05) is 23.3 Å². The van der Waals surface area contributed by atoms with E-state index in [2.05, 4.69) is 20.0 Å².